The molecule has 0 spiro atoms. The molecule has 0 radical (unpaired) electrons. The van der Waals surface area contributed by atoms with Gasteiger partial charge < -0.3 is 14.6 Å². The number of benzene rings is 1. The summed E-state index contributed by atoms with van der Waals surface area (Å²) in [6.45, 7) is 5.13. The van der Waals surface area contributed by atoms with Crippen molar-refractivity contribution in [1.82, 2.24) is 0 Å². The fraction of sp³-hybridized carbons (Fsp3) is 0.571. The van der Waals surface area contributed by atoms with Crippen LogP contribution in [0.1, 0.15) is 25.8 Å². The Morgan fingerprint density at radius 1 is 1.18 bits per heavy atom. The van der Waals surface area contributed by atoms with Crippen molar-refractivity contribution in [2.75, 3.05) is 13.7 Å². The van der Waals surface area contributed by atoms with E-state index in [1.165, 1.54) is 0 Å². The van der Waals surface area contributed by atoms with Gasteiger partial charge in [0.1, 0.15) is 12.4 Å². The molecule has 1 rings (SSSR count). The summed E-state index contributed by atoms with van der Waals surface area (Å²) in [5.41, 5.74) is 1.11. The summed E-state index contributed by atoms with van der Waals surface area (Å²) in [5, 5.41) is 9.67. The maximum atomic E-state index is 9.67. The van der Waals surface area contributed by atoms with Crippen LogP contribution in [0, 0.1) is 5.92 Å². The Morgan fingerprint density at radius 3 is 2.35 bits per heavy atom. The van der Waals surface area contributed by atoms with E-state index in [0.29, 0.717) is 19.1 Å². The van der Waals surface area contributed by atoms with Crippen LogP contribution < -0.4 is 4.74 Å². The highest BCUT2D eigenvalue weighted by atomic mass is 16.5. The Balaban J connectivity index is 2.36. The van der Waals surface area contributed by atoms with E-state index >= 15 is 0 Å². The van der Waals surface area contributed by atoms with E-state index in [9.17, 15) is 5.11 Å². The Kier molecular flexibility index (Phi) is 6.01. The van der Waals surface area contributed by atoms with Gasteiger partial charge in [-0.05, 0) is 30.0 Å². The first-order chi connectivity index (χ1) is 8.11. The number of rotatable bonds is 7. The van der Waals surface area contributed by atoms with Crippen LogP contribution in [0.3, 0.4) is 0 Å². The summed E-state index contributed by atoms with van der Waals surface area (Å²) in [6, 6.07) is 7.73. The van der Waals surface area contributed by atoms with Crippen molar-refractivity contribution in [2.45, 2.75) is 33.0 Å². The summed E-state index contributed by atoms with van der Waals surface area (Å²) in [4.78, 5) is 0. The van der Waals surface area contributed by atoms with Gasteiger partial charge in [0.2, 0.25) is 0 Å². The lowest BCUT2D eigenvalue weighted by molar-refractivity contribution is 0.0892. The lowest BCUT2D eigenvalue weighted by Gasteiger charge is -2.14. The molecular formula is C14H22O3. The highest BCUT2D eigenvalue weighted by molar-refractivity contribution is 5.26. The fourth-order valence-corrected chi connectivity index (χ4v) is 1.65. The minimum absolute atomic E-state index is 0.349. The Bertz CT molecular complexity index is 306. The van der Waals surface area contributed by atoms with Gasteiger partial charge >= 0.3 is 0 Å². The average molecular weight is 238 g/mol. The second kappa shape index (κ2) is 7.30. The molecule has 0 aliphatic carbocycles. The van der Waals surface area contributed by atoms with Crippen molar-refractivity contribution in [1.29, 1.82) is 0 Å². The third-order valence-electron chi connectivity index (χ3n) is 2.42. The standard InChI is InChI=1S/C14H22O3/c1-11(2)8-13(15)10-17-14-6-4-12(5-7-14)9-16-3/h4-7,11,13,15H,8-10H2,1-3H3. The van der Waals surface area contributed by atoms with E-state index in [4.69, 9.17) is 9.47 Å². The molecular weight excluding hydrogens is 216 g/mol. The molecule has 0 saturated carbocycles. The van der Waals surface area contributed by atoms with Crippen LogP contribution in [0.15, 0.2) is 24.3 Å². The summed E-state index contributed by atoms with van der Waals surface area (Å²) in [5.74, 6) is 1.27. The molecule has 1 atom stereocenters. The van der Waals surface area contributed by atoms with Crippen LogP contribution in [0.4, 0.5) is 0 Å². The molecule has 3 heteroatoms. The van der Waals surface area contributed by atoms with E-state index in [2.05, 4.69) is 13.8 Å². The molecule has 0 aliphatic heterocycles. The highest BCUT2D eigenvalue weighted by Gasteiger charge is 2.07. The van der Waals surface area contributed by atoms with E-state index in [-0.39, 0.29) is 0 Å². The number of ether oxygens (including phenoxy) is 2. The van der Waals surface area contributed by atoms with Crippen LogP contribution in [0.2, 0.25) is 0 Å². The Hall–Kier alpha value is -1.06. The third kappa shape index (κ3) is 5.71. The van der Waals surface area contributed by atoms with E-state index in [1.807, 2.05) is 24.3 Å². The summed E-state index contributed by atoms with van der Waals surface area (Å²) < 4.78 is 10.5. The molecule has 17 heavy (non-hydrogen) atoms. The number of methoxy groups -OCH3 is 1. The maximum absolute atomic E-state index is 9.67. The van der Waals surface area contributed by atoms with Crippen molar-refractivity contribution in [3.8, 4) is 5.75 Å². The van der Waals surface area contributed by atoms with Crippen molar-refractivity contribution in [2.24, 2.45) is 5.92 Å². The van der Waals surface area contributed by atoms with Crippen molar-refractivity contribution < 1.29 is 14.6 Å². The summed E-state index contributed by atoms with van der Waals surface area (Å²) >= 11 is 0. The molecule has 1 aromatic rings. The molecule has 0 fully saturated rings. The number of aliphatic hydroxyl groups excluding tert-OH is 1. The van der Waals surface area contributed by atoms with Gasteiger partial charge in [0.15, 0.2) is 0 Å². The SMILES string of the molecule is COCc1ccc(OCC(O)CC(C)C)cc1. The zero-order valence-electron chi connectivity index (χ0n) is 10.8. The van der Waals surface area contributed by atoms with Gasteiger partial charge in [0, 0.05) is 7.11 Å². The number of hydrogen-bond acceptors (Lipinski definition) is 3. The average Bonchev–Trinajstić information content (AvgIpc) is 2.28. The second-order valence-electron chi connectivity index (χ2n) is 4.67. The molecule has 0 saturated heterocycles. The van der Waals surface area contributed by atoms with Crippen LogP contribution >= 0.6 is 0 Å². The molecule has 0 amide bonds. The smallest absolute Gasteiger partial charge is 0.119 e. The lowest BCUT2D eigenvalue weighted by Crippen LogP contribution is -2.19. The second-order valence-corrected chi connectivity index (χ2v) is 4.67. The van der Waals surface area contributed by atoms with Gasteiger partial charge in [-0.3, -0.25) is 0 Å². The normalized spacial score (nSPS) is 12.8. The molecule has 3 nitrogen and oxygen atoms in total. The molecule has 1 N–H and O–H groups in total. The number of aliphatic hydroxyl groups is 1. The zero-order chi connectivity index (χ0) is 12.7. The molecule has 1 unspecified atom stereocenters. The molecule has 0 heterocycles. The molecule has 1 aromatic carbocycles. The van der Waals surface area contributed by atoms with Gasteiger partial charge in [-0.25, -0.2) is 0 Å². The number of hydrogen-bond donors (Lipinski definition) is 1. The monoisotopic (exact) mass is 238 g/mol. The van der Waals surface area contributed by atoms with Crippen LogP contribution in [0.25, 0.3) is 0 Å². The Morgan fingerprint density at radius 2 is 1.82 bits per heavy atom. The van der Waals surface area contributed by atoms with Gasteiger partial charge in [-0.15, -0.1) is 0 Å². The zero-order valence-corrected chi connectivity index (χ0v) is 10.8. The Labute approximate surface area is 103 Å². The van der Waals surface area contributed by atoms with E-state index < -0.39 is 6.10 Å². The third-order valence-corrected chi connectivity index (χ3v) is 2.42. The van der Waals surface area contributed by atoms with E-state index in [1.54, 1.807) is 7.11 Å². The first-order valence-corrected chi connectivity index (χ1v) is 6.00. The van der Waals surface area contributed by atoms with Gasteiger partial charge in [0.05, 0.1) is 12.7 Å². The summed E-state index contributed by atoms with van der Waals surface area (Å²) in [7, 11) is 1.67. The fourth-order valence-electron chi connectivity index (χ4n) is 1.65. The van der Waals surface area contributed by atoms with Gasteiger partial charge in [0.25, 0.3) is 0 Å². The summed E-state index contributed by atoms with van der Waals surface area (Å²) in [6.07, 6.45) is 0.371. The van der Waals surface area contributed by atoms with Gasteiger partial charge in [-0.2, -0.15) is 0 Å². The minimum atomic E-state index is -0.395. The molecule has 0 aromatic heterocycles. The first-order valence-electron chi connectivity index (χ1n) is 6.00. The van der Waals surface area contributed by atoms with Gasteiger partial charge in [-0.1, -0.05) is 26.0 Å². The minimum Gasteiger partial charge on any atom is -0.491 e. The predicted octanol–water partition coefficient (Wildman–Crippen LogP) is 2.62. The lowest BCUT2D eigenvalue weighted by atomic mass is 10.1. The van der Waals surface area contributed by atoms with Crippen LogP contribution in [-0.4, -0.2) is 24.9 Å². The van der Waals surface area contributed by atoms with Crippen molar-refractivity contribution in [3.05, 3.63) is 29.8 Å². The van der Waals surface area contributed by atoms with Crippen LogP contribution in [0.5, 0.6) is 5.75 Å². The van der Waals surface area contributed by atoms with Crippen molar-refractivity contribution >= 4 is 0 Å². The van der Waals surface area contributed by atoms with Crippen LogP contribution in [-0.2, 0) is 11.3 Å². The maximum Gasteiger partial charge on any atom is 0.119 e. The van der Waals surface area contributed by atoms with Crippen molar-refractivity contribution in [3.63, 3.8) is 0 Å². The first kappa shape index (κ1) is 14.0. The predicted molar refractivity (Wildman–Crippen MR) is 68.1 cm³/mol. The quantitative estimate of drug-likeness (QED) is 0.793. The molecule has 96 valence electrons. The molecule has 0 aliphatic rings. The van der Waals surface area contributed by atoms with E-state index in [0.717, 1.165) is 17.7 Å². The highest BCUT2D eigenvalue weighted by Crippen LogP contribution is 2.14. The topological polar surface area (TPSA) is 38.7 Å². The molecule has 0 bridgehead atoms. The largest absolute Gasteiger partial charge is 0.491 e.